The number of ether oxygens (including phenoxy) is 1. The summed E-state index contributed by atoms with van der Waals surface area (Å²) in [7, 11) is 1.22. The van der Waals surface area contributed by atoms with E-state index in [0.29, 0.717) is 5.56 Å². The topological polar surface area (TPSA) is 38.3 Å². The van der Waals surface area contributed by atoms with Crippen molar-refractivity contribution in [2.75, 3.05) is 13.7 Å². The van der Waals surface area contributed by atoms with E-state index in [4.69, 9.17) is 6.42 Å². The fourth-order valence-corrected chi connectivity index (χ4v) is 2.02. The van der Waals surface area contributed by atoms with Crippen LogP contribution in [0.3, 0.4) is 0 Å². The van der Waals surface area contributed by atoms with Gasteiger partial charge in [0.1, 0.15) is 6.04 Å². The van der Waals surface area contributed by atoms with Crippen LogP contribution in [0.4, 0.5) is 13.2 Å². The molecule has 1 atom stereocenters. The molecule has 1 aromatic rings. The Morgan fingerprint density at radius 1 is 1.45 bits per heavy atom. The van der Waals surface area contributed by atoms with Gasteiger partial charge in [0.25, 0.3) is 0 Å². The summed E-state index contributed by atoms with van der Waals surface area (Å²) < 4.78 is 41.2. The van der Waals surface area contributed by atoms with Crippen molar-refractivity contribution >= 4 is 17.7 Å². The third-order valence-corrected chi connectivity index (χ3v) is 3.03. The van der Waals surface area contributed by atoms with Crippen LogP contribution in [0.5, 0.6) is 0 Å². The Labute approximate surface area is 118 Å². The molecule has 0 fully saturated rings. The van der Waals surface area contributed by atoms with E-state index in [2.05, 4.69) is 16.0 Å². The van der Waals surface area contributed by atoms with Crippen molar-refractivity contribution in [1.29, 1.82) is 0 Å². The molecule has 1 rings (SSSR count). The van der Waals surface area contributed by atoms with Crippen LogP contribution in [-0.4, -0.2) is 25.1 Å². The molecule has 0 aromatic heterocycles. The molecule has 0 aliphatic rings. The van der Waals surface area contributed by atoms with Crippen LogP contribution in [0.2, 0.25) is 0 Å². The summed E-state index contributed by atoms with van der Waals surface area (Å²) in [6.07, 6.45) is 5.10. The van der Waals surface area contributed by atoms with Crippen LogP contribution >= 0.6 is 11.8 Å². The summed E-state index contributed by atoms with van der Waals surface area (Å²) in [5, 5.41) is 2.76. The van der Waals surface area contributed by atoms with Crippen LogP contribution < -0.4 is 5.32 Å². The van der Waals surface area contributed by atoms with E-state index in [-0.39, 0.29) is 23.2 Å². The highest BCUT2D eigenvalue weighted by atomic mass is 32.2. The first-order chi connectivity index (χ1) is 9.37. The van der Waals surface area contributed by atoms with E-state index in [9.17, 15) is 18.0 Å². The minimum absolute atomic E-state index is 0.0433. The van der Waals surface area contributed by atoms with Crippen molar-refractivity contribution in [2.24, 2.45) is 0 Å². The average Bonchev–Trinajstić information content (AvgIpc) is 2.38. The molecule has 0 aliphatic heterocycles. The Bertz CT molecular complexity index is 494. The third kappa shape index (κ3) is 5.15. The van der Waals surface area contributed by atoms with Crippen LogP contribution in [0, 0.1) is 12.3 Å². The molecule has 20 heavy (non-hydrogen) atoms. The van der Waals surface area contributed by atoms with Gasteiger partial charge in [-0.05, 0) is 29.5 Å². The maximum Gasteiger partial charge on any atom is 0.446 e. The fourth-order valence-electron chi connectivity index (χ4n) is 1.48. The fraction of sp³-hybridized carbons (Fsp3) is 0.308. The van der Waals surface area contributed by atoms with Gasteiger partial charge in [0, 0.05) is 4.90 Å². The van der Waals surface area contributed by atoms with E-state index >= 15 is 0 Å². The minimum Gasteiger partial charge on any atom is -0.468 e. The predicted molar refractivity (Wildman–Crippen MR) is 69.9 cm³/mol. The highest BCUT2D eigenvalue weighted by Crippen LogP contribution is 2.37. The van der Waals surface area contributed by atoms with Crippen LogP contribution in [0.1, 0.15) is 11.6 Å². The molecule has 108 valence electrons. The maximum absolute atomic E-state index is 12.2. The molecule has 3 nitrogen and oxygen atoms in total. The monoisotopic (exact) mass is 303 g/mol. The van der Waals surface area contributed by atoms with E-state index in [1.54, 1.807) is 0 Å². The summed E-state index contributed by atoms with van der Waals surface area (Å²) in [6, 6.07) is 4.64. The van der Waals surface area contributed by atoms with E-state index in [1.807, 2.05) is 0 Å². The number of hydrogen-bond donors (Lipinski definition) is 1. The highest BCUT2D eigenvalue weighted by molar-refractivity contribution is 8.00. The lowest BCUT2D eigenvalue weighted by Crippen LogP contribution is -2.29. The van der Waals surface area contributed by atoms with Crippen molar-refractivity contribution in [3.63, 3.8) is 0 Å². The predicted octanol–water partition coefficient (Wildman–Crippen LogP) is 2.74. The minimum atomic E-state index is -4.34. The number of thioether (sulfide) groups is 1. The molecule has 0 amide bonds. The van der Waals surface area contributed by atoms with Gasteiger partial charge in [0.05, 0.1) is 13.7 Å². The Hall–Kier alpha value is -1.65. The molecule has 1 unspecified atom stereocenters. The maximum atomic E-state index is 12.2. The molecule has 1 aromatic carbocycles. The van der Waals surface area contributed by atoms with Crippen molar-refractivity contribution in [1.82, 2.24) is 5.32 Å². The molecule has 7 heteroatoms. The molecule has 0 saturated carbocycles. The number of halogens is 3. The normalized spacial score (nSPS) is 12.6. The number of esters is 1. The van der Waals surface area contributed by atoms with Gasteiger partial charge in [-0.2, -0.15) is 13.2 Å². The van der Waals surface area contributed by atoms with Crippen molar-refractivity contribution < 1.29 is 22.7 Å². The molecule has 0 bridgehead atoms. The number of hydrogen-bond acceptors (Lipinski definition) is 4. The van der Waals surface area contributed by atoms with Gasteiger partial charge in [0.15, 0.2) is 0 Å². The number of rotatable bonds is 5. The lowest BCUT2D eigenvalue weighted by molar-refractivity contribution is -0.143. The standard InChI is InChI=1S/C13H12F3NO2S/c1-3-8-17-11(12(18)19-2)9-4-6-10(7-5-9)20-13(14,15)16/h1,4-7,11,17H,8H2,2H3. The Morgan fingerprint density at radius 2 is 2.05 bits per heavy atom. The van der Waals surface area contributed by atoms with Gasteiger partial charge in [-0.25, -0.2) is 4.79 Å². The second-order valence-electron chi connectivity index (χ2n) is 3.66. The molecular formula is C13H12F3NO2S. The number of carbonyl (C=O) groups excluding carboxylic acids is 1. The van der Waals surface area contributed by atoms with Crippen LogP contribution in [-0.2, 0) is 9.53 Å². The number of methoxy groups -OCH3 is 1. The number of nitrogens with one attached hydrogen (secondary N) is 1. The second kappa shape index (κ2) is 7.22. The summed E-state index contributed by atoms with van der Waals surface area (Å²) in [5.74, 6) is 1.76. The van der Waals surface area contributed by atoms with Gasteiger partial charge in [-0.3, -0.25) is 5.32 Å². The SMILES string of the molecule is C#CCNC(C(=O)OC)c1ccc(SC(F)(F)F)cc1. The average molecular weight is 303 g/mol. The molecule has 0 heterocycles. The first-order valence-electron chi connectivity index (χ1n) is 5.47. The number of alkyl halides is 3. The van der Waals surface area contributed by atoms with Gasteiger partial charge < -0.3 is 4.74 Å². The van der Waals surface area contributed by atoms with E-state index in [1.165, 1.54) is 31.4 Å². The second-order valence-corrected chi connectivity index (χ2v) is 4.80. The zero-order chi connectivity index (χ0) is 15.2. The van der Waals surface area contributed by atoms with Gasteiger partial charge >= 0.3 is 11.5 Å². The van der Waals surface area contributed by atoms with Gasteiger partial charge in [-0.15, -0.1) is 6.42 Å². The zero-order valence-electron chi connectivity index (χ0n) is 10.5. The molecular weight excluding hydrogens is 291 g/mol. The van der Waals surface area contributed by atoms with E-state index < -0.39 is 17.5 Å². The van der Waals surface area contributed by atoms with E-state index in [0.717, 1.165) is 0 Å². The summed E-state index contributed by atoms with van der Waals surface area (Å²) >= 11 is -0.216. The molecule has 0 spiro atoms. The molecule has 0 radical (unpaired) electrons. The zero-order valence-corrected chi connectivity index (χ0v) is 11.3. The largest absolute Gasteiger partial charge is 0.468 e. The molecule has 0 saturated heterocycles. The van der Waals surface area contributed by atoms with Crippen molar-refractivity contribution in [3.05, 3.63) is 29.8 Å². The van der Waals surface area contributed by atoms with Crippen LogP contribution in [0.25, 0.3) is 0 Å². The van der Waals surface area contributed by atoms with Crippen LogP contribution in [0.15, 0.2) is 29.2 Å². The van der Waals surface area contributed by atoms with Crippen molar-refractivity contribution in [2.45, 2.75) is 16.4 Å². The Kier molecular flexibility index (Phi) is 5.92. The lowest BCUT2D eigenvalue weighted by atomic mass is 10.1. The number of terminal acetylenes is 1. The van der Waals surface area contributed by atoms with Gasteiger partial charge in [0.2, 0.25) is 0 Å². The lowest BCUT2D eigenvalue weighted by Gasteiger charge is -2.16. The smallest absolute Gasteiger partial charge is 0.446 e. The molecule has 0 aliphatic carbocycles. The Balaban J connectivity index is 2.87. The quantitative estimate of drug-likeness (QED) is 0.516. The first kappa shape index (κ1) is 16.4. The van der Waals surface area contributed by atoms with Gasteiger partial charge in [-0.1, -0.05) is 18.1 Å². The highest BCUT2D eigenvalue weighted by Gasteiger charge is 2.29. The summed E-state index contributed by atoms with van der Waals surface area (Å²) in [5.41, 5.74) is -3.86. The van der Waals surface area contributed by atoms with Crippen molar-refractivity contribution in [3.8, 4) is 12.3 Å². The third-order valence-electron chi connectivity index (χ3n) is 2.29. The summed E-state index contributed by atoms with van der Waals surface area (Å²) in [4.78, 5) is 11.6. The summed E-state index contributed by atoms with van der Waals surface area (Å²) in [6.45, 7) is 0.138. The number of benzene rings is 1. The molecule has 1 N–H and O–H groups in total. The Morgan fingerprint density at radius 3 is 2.50 bits per heavy atom. The number of carbonyl (C=O) groups is 1. The first-order valence-corrected chi connectivity index (χ1v) is 6.29.